The molecule has 0 heterocycles. The fraction of sp³-hybridized carbons (Fsp3) is 0.250. The minimum absolute atomic E-state index is 0.0429. The lowest BCUT2D eigenvalue weighted by Gasteiger charge is -2.11. The molecule has 0 spiro atoms. The predicted molar refractivity (Wildman–Crippen MR) is 79.5 cm³/mol. The van der Waals surface area contributed by atoms with Crippen molar-refractivity contribution in [2.24, 2.45) is 0 Å². The first-order chi connectivity index (χ1) is 8.31. The average Bonchev–Trinajstić information content (AvgIpc) is 2.40. The molecule has 0 aliphatic heterocycles. The van der Waals surface area contributed by atoms with Gasteiger partial charge >= 0.3 is 0 Å². The Morgan fingerprint density at radius 1 is 0.824 bits per heavy atom. The minimum atomic E-state index is 0.0429. The highest BCUT2D eigenvalue weighted by molar-refractivity contribution is 7.64. The SMILES string of the molecule is CCCP(C)c1ccc(-c2ccccc2)cc1. The smallest absolute Gasteiger partial charge is 0.0184 e. The van der Waals surface area contributed by atoms with E-state index in [-0.39, 0.29) is 7.92 Å². The molecule has 0 N–H and O–H groups in total. The van der Waals surface area contributed by atoms with Gasteiger partial charge in [0, 0.05) is 0 Å². The van der Waals surface area contributed by atoms with E-state index in [1.54, 1.807) is 0 Å². The summed E-state index contributed by atoms with van der Waals surface area (Å²) in [6.45, 7) is 4.63. The van der Waals surface area contributed by atoms with Gasteiger partial charge in [-0.1, -0.05) is 75.9 Å². The van der Waals surface area contributed by atoms with Crippen molar-refractivity contribution < 1.29 is 0 Å². The van der Waals surface area contributed by atoms with Gasteiger partial charge in [0.2, 0.25) is 0 Å². The molecule has 2 aromatic carbocycles. The molecule has 1 heteroatoms. The molecule has 2 rings (SSSR count). The Hall–Kier alpha value is -1.13. The molecule has 0 saturated carbocycles. The van der Waals surface area contributed by atoms with E-state index in [0.29, 0.717) is 0 Å². The van der Waals surface area contributed by atoms with E-state index in [4.69, 9.17) is 0 Å². The maximum atomic E-state index is 2.37. The van der Waals surface area contributed by atoms with E-state index in [1.165, 1.54) is 29.0 Å². The molecular formula is C16H19P. The summed E-state index contributed by atoms with van der Waals surface area (Å²) in [6, 6.07) is 19.7. The van der Waals surface area contributed by atoms with Crippen LogP contribution in [-0.4, -0.2) is 12.8 Å². The molecule has 0 aliphatic rings. The molecule has 17 heavy (non-hydrogen) atoms. The fourth-order valence-electron chi connectivity index (χ4n) is 2.00. The lowest BCUT2D eigenvalue weighted by Crippen LogP contribution is -2.01. The highest BCUT2D eigenvalue weighted by Gasteiger charge is 2.03. The van der Waals surface area contributed by atoms with Gasteiger partial charge in [-0.25, -0.2) is 0 Å². The molecule has 0 saturated heterocycles. The second kappa shape index (κ2) is 5.98. The zero-order chi connectivity index (χ0) is 12.1. The molecule has 88 valence electrons. The van der Waals surface area contributed by atoms with Crippen molar-refractivity contribution in [2.45, 2.75) is 13.3 Å². The zero-order valence-electron chi connectivity index (χ0n) is 10.6. The number of hydrogen-bond acceptors (Lipinski definition) is 0. The van der Waals surface area contributed by atoms with Crippen LogP contribution in [0.15, 0.2) is 54.6 Å². The third-order valence-electron chi connectivity index (χ3n) is 2.97. The zero-order valence-corrected chi connectivity index (χ0v) is 11.5. The second-order valence-electron chi connectivity index (χ2n) is 4.33. The van der Waals surface area contributed by atoms with Crippen LogP contribution in [-0.2, 0) is 0 Å². The van der Waals surface area contributed by atoms with Crippen molar-refractivity contribution in [3.63, 3.8) is 0 Å². The van der Waals surface area contributed by atoms with Gasteiger partial charge in [-0.3, -0.25) is 0 Å². The maximum absolute atomic E-state index is 2.37. The van der Waals surface area contributed by atoms with E-state index >= 15 is 0 Å². The molecule has 0 amide bonds. The van der Waals surface area contributed by atoms with Crippen molar-refractivity contribution in [1.82, 2.24) is 0 Å². The van der Waals surface area contributed by atoms with Crippen LogP contribution in [0.1, 0.15) is 13.3 Å². The van der Waals surface area contributed by atoms with Gasteiger partial charge in [0.25, 0.3) is 0 Å². The number of rotatable bonds is 4. The van der Waals surface area contributed by atoms with Crippen molar-refractivity contribution >= 4 is 13.2 Å². The van der Waals surface area contributed by atoms with Crippen LogP contribution in [0.5, 0.6) is 0 Å². The predicted octanol–water partition coefficient (Wildman–Crippen LogP) is 4.50. The van der Waals surface area contributed by atoms with Crippen LogP contribution in [0.4, 0.5) is 0 Å². The van der Waals surface area contributed by atoms with Crippen LogP contribution >= 0.6 is 7.92 Å². The van der Waals surface area contributed by atoms with Crippen LogP contribution in [0.2, 0.25) is 0 Å². The molecule has 1 atom stereocenters. The summed E-state index contributed by atoms with van der Waals surface area (Å²) in [7, 11) is 0.0429. The fourth-order valence-corrected chi connectivity index (χ4v) is 3.59. The summed E-state index contributed by atoms with van der Waals surface area (Å²) in [5.41, 5.74) is 2.62. The highest BCUT2D eigenvalue weighted by Crippen LogP contribution is 2.30. The summed E-state index contributed by atoms with van der Waals surface area (Å²) >= 11 is 0. The van der Waals surface area contributed by atoms with Gasteiger partial charge < -0.3 is 0 Å². The van der Waals surface area contributed by atoms with Crippen LogP contribution in [0, 0.1) is 0 Å². The van der Waals surface area contributed by atoms with E-state index in [1.807, 2.05) is 0 Å². The molecule has 0 aliphatic carbocycles. The van der Waals surface area contributed by atoms with E-state index in [9.17, 15) is 0 Å². The Bertz CT molecular complexity index is 445. The first-order valence-corrected chi connectivity index (χ1v) is 8.15. The van der Waals surface area contributed by atoms with Gasteiger partial charge in [-0.15, -0.1) is 0 Å². The van der Waals surface area contributed by atoms with Gasteiger partial charge in [0.05, 0.1) is 0 Å². The summed E-state index contributed by atoms with van der Waals surface area (Å²) in [5, 5.41) is 1.52. The highest BCUT2D eigenvalue weighted by atomic mass is 31.1. The van der Waals surface area contributed by atoms with Gasteiger partial charge in [0.1, 0.15) is 0 Å². The Morgan fingerprint density at radius 2 is 1.41 bits per heavy atom. The molecule has 0 aromatic heterocycles. The van der Waals surface area contributed by atoms with Gasteiger partial charge in [-0.2, -0.15) is 0 Å². The van der Waals surface area contributed by atoms with Crippen molar-refractivity contribution in [2.75, 3.05) is 12.8 Å². The van der Waals surface area contributed by atoms with Crippen molar-refractivity contribution in [3.8, 4) is 11.1 Å². The monoisotopic (exact) mass is 242 g/mol. The summed E-state index contributed by atoms with van der Waals surface area (Å²) in [4.78, 5) is 0. The Kier molecular flexibility index (Phi) is 4.34. The van der Waals surface area contributed by atoms with E-state index < -0.39 is 0 Å². The van der Waals surface area contributed by atoms with Crippen LogP contribution in [0.3, 0.4) is 0 Å². The van der Waals surface area contributed by atoms with Crippen LogP contribution < -0.4 is 5.30 Å². The molecule has 0 nitrogen and oxygen atoms in total. The van der Waals surface area contributed by atoms with Crippen molar-refractivity contribution in [3.05, 3.63) is 54.6 Å². The largest absolute Gasteiger partial charge is 0.0785 e. The Labute approximate surface area is 105 Å². The molecule has 2 aromatic rings. The summed E-state index contributed by atoms with van der Waals surface area (Å²) < 4.78 is 0. The van der Waals surface area contributed by atoms with Gasteiger partial charge in [0.15, 0.2) is 0 Å². The summed E-state index contributed by atoms with van der Waals surface area (Å²) in [6.07, 6.45) is 2.61. The molecule has 0 bridgehead atoms. The Balaban J connectivity index is 2.19. The molecule has 1 unspecified atom stereocenters. The van der Waals surface area contributed by atoms with E-state index in [2.05, 4.69) is 68.2 Å². The van der Waals surface area contributed by atoms with E-state index in [0.717, 1.165) is 0 Å². The topological polar surface area (TPSA) is 0 Å². The third-order valence-corrected chi connectivity index (χ3v) is 5.27. The van der Waals surface area contributed by atoms with Crippen LogP contribution in [0.25, 0.3) is 11.1 Å². The molecule has 0 radical (unpaired) electrons. The summed E-state index contributed by atoms with van der Waals surface area (Å²) in [5.74, 6) is 0. The third kappa shape index (κ3) is 3.17. The average molecular weight is 242 g/mol. The number of hydrogen-bond donors (Lipinski definition) is 0. The maximum Gasteiger partial charge on any atom is -0.0184 e. The lowest BCUT2D eigenvalue weighted by molar-refractivity contribution is 1.10. The second-order valence-corrected chi connectivity index (χ2v) is 6.69. The first-order valence-electron chi connectivity index (χ1n) is 6.18. The van der Waals surface area contributed by atoms with Gasteiger partial charge in [-0.05, 0) is 29.3 Å². The Morgan fingerprint density at radius 3 is 2.00 bits per heavy atom. The minimum Gasteiger partial charge on any atom is -0.0785 e. The quantitative estimate of drug-likeness (QED) is 0.692. The number of benzene rings is 2. The standard InChI is InChI=1S/C16H19P/c1-3-13-17(2)16-11-9-15(10-12-16)14-7-5-4-6-8-14/h4-12H,3,13H2,1-2H3. The van der Waals surface area contributed by atoms with Crippen molar-refractivity contribution in [1.29, 1.82) is 0 Å². The normalized spacial score (nSPS) is 12.4. The first kappa shape index (κ1) is 12.3. The molecular weight excluding hydrogens is 223 g/mol. The molecule has 0 fully saturated rings. The lowest BCUT2D eigenvalue weighted by atomic mass is 10.1.